The van der Waals surface area contributed by atoms with Crippen molar-refractivity contribution in [3.8, 4) is 0 Å². The van der Waals surface area contributed by atoms with E-state index in [0.717, 1.165) is 0 Å². The highest BCUT2D eigenvalue weighted by atomic mass is 35.5. The van der Waals surface area contributed by atoms with Crippen LogP contribution < -0.4 is 15.4 Å². The maximum absolute atomic E-state index is 12.4. The Morgan fingerprint density at radius 3 is 2.46 bits per heavy atom. The number of benzene rings is 1. The van der Waals surface area contributed by atoms with E-state index in [-0.39, 0.29) is 10.0 Å². The van der Waals surface area contributed by atoms with E-state index in [9.17, 15) is 13.2 Å². The van der Waals surface area contributed by atoms with Crippen LogP contribution in [0.4, 0.5) is 11.4 Å². The number of nitrogens with one attached hydrogen (secondary N) is 3. The van der Waals surface area contributed by atoms with Crippen molar-refractivity contribution in [3.05, 3.63) is 46.7 Å². The summed E-state index contributed by atoms with van der Waals surface area (Å²) in [5.41, 5.74) is 0.993. The van der Waals surface area contributed by atoms with Gasteiger partial charge in [0.05, 0.1) is 28.5 Å². The maximum Gasteiger partial charge on any atom is 0.242 e. The first-order valence-electron chi connectivity index (χ1n) is 7.71. The fourth-order valence-corrected chi connectivity index (χ4v) is 3.56. The van der Waals surface area contributed by atoms with Crippen molar-refractivity contribution in [2.24, 2.45) is 0 Å². The van der Waals surface area contributed by atoms with Crippen LogP contribution in [0.5, 0.6) is 0 Å². The second-order valence-corrected chi connectivity index (χ2v) is 7.91. The third-order valence-electron chi connectivity index (χ3n) is 3.34. The van der Waals surface area contributed by atoms with E-state index < -0.39 is 22.0 Å². The lowest BCUT2D eigenvalue weighted by molar-refractivity contribution is -0.117. The number of amides is 1. The van der Waals surface area contributed by atoms with E-state index in [1.54, 1.807) is 6.07 Å². The molecule has 1 heterocycles. The monoisotopic (exact) mass is 416 g/mol. The number of anilines is 2. The summed E-state index contributed by atoms with van der Waals surface area (Å²) in [7, 11) is -3.86. The van der Waals surface area contributed by atoms with Crippen LogP contribution in [0.3, 0.4) is 0 Å². The zero-order valence-corrected chi connectivity index (χ0v) is 16.4. The van der Waals surface area contributed by atoms with Crippen molar-refractivity contribution in [2.45, 2.75) is 24.8 Å². The number of sulfonamides is 1. The normalized spacial score (nSPS) is 12.5. The number of rotatable bonds is 7. The minimum atomic E-state index is -3.86. The van der Waals surface area contributed by atoms with Gasteiger partial charge in [-0.1, -0.05) is 23.2 Å². The van der Waals surface area contributed by atoms with Crippen LogP contribution in [0.1, 0.15) is 13.8 Å². The molecule has 0 spiro atoms. The molecule has 0 radical (unpaired) electrons. The molecule has 0 fully saturated rings. The largest absolute Gasteiger partial charge is 0.384 e. The van der Waals surface area contributed by atoms with Crippen molar-refractivity contribution in [1.29, 1.82) is 0 Å². The van der Waals surface area contributed by atoms with Gasteiger partial charge < -0.3 is 10.6 Å². The molecule has 3 N–H and O–H groups in total. The molecule has 0 bridgehead atoms. The minimum Gasteiger partial charge on any atom is -0.384 e. The molecule has 0 unspecified atom stereocenters. The smallest absolute Gasteiger partial charge is 0.242 e. The van der Waals surface area contributed by atoms with Gasteiger partial charge >= 0.3 is 0 Å². The fourth-order valence-electron chi connectivity index (χ4n) is 2.08. The zero-order valence-electron chi connectivity index (χ0n) is 14.1. The van der Waals surface area contributed by atoms with Gasteiger partial charge in [0.2, 0.25) is 15.9 Å². The number of aromatic nitrogens is 1. The average Bonchev–Trinajstić information content (AvgIpc) is 2.57. The summed E-state index contributed by atoms with van der Waals surface area (Å²) in [4.78, 5) is 16.3. The molecule has 10 heteroatoms. The van der Waals surface area contributed by atoms with E-state index in [1.807, 2.05) is 6.92 Å². The van der Waals surface area contributed by atoms with Gasteiger partial charge in [-0.05, 0) is 38.1 Å². The first-order valence-corrected chi connectivity index (χ1v) is 9.95. The second-order valence-electron chi connectivity index (χ2n) is 5.37. The lowest BCUT2D eigenvalue weighted by atomic mass is 10.3. The summed E-state index contributed by atoms with van der Waals surface area (Å²) in [6, 6.07) is 6.21. The predicted molar refractivity (Wildman–Crippen MR) is 103 cm³/mol. The average molecular weight is 417 g/mol. The van der Waals surface area contributed by atoms with E-state index in [4.69, 9.17) is 23.2 Å². The molecule has 1 atom stereocenters. The number of hydrogen-bond acceptors (Lipinski definition) is 5. The highest BCUT2D eigenvalue weighted by molar-refractivity contribution is 7.89. The predicted octanol–water partition coefficient (Wildman–Crippen LogP) is 3.13. The SMILES string of the molecule is CCNc1cc(Cl)ncc1NC(=O)[C@@H](C)NS(=O)(=O)c1ccc(Cl)cc1. The summed E-state index contributed by atoms with van der Waals surface area (Å²) < 4.78 is 27.0. The summed E-state index contributed by atoms with van der Waals surface area (Å²) in [6.45, 7) is 3.95. The lowest BCUT2D eigenvalue weighted by Crippen LogP contribution is -2.41. The highest BCUT2D eigenvalue weighted by Gasteiger charge is 2.22. The third kappa shape index (κ3) is 5.31. The Labute approximate surface area is 162 Å². The molecule has 0 aliphatic heterocycles. The summed E-state index contributed by atoms with van der Waals surface area (Å²) in [6.07, 6.45) is 1.40. The Bertz CT molecular complexity index is 889. The van der Waals surface area contributed by atoms with Crippen molar-refractivity contribution in [1.82, 2.24) is 9.71 Å². The number of hydrogen-bond donors (Lipinski definition) is 3. The molecule has 1 aromatic carbocycles. The van der Waals surface area contributed by atoms with Crippen molar-refractivity contribution in [3.63, 3.8) is 0 Å². The molecule has 0 aliphatic rings. The minimum absolute atomic E-state index is 0.0167. The molecule has 0 saturated carbocycles. The van der Waals surface area contributed by atoms with E-state index in [1.165, 1.54) is 37.4 Å². The second kappa shape index (κ2) is 8.68. The van der Waals surface area contributed by atoms with Crippen molar-refractivity contribution in [2.75, 3.05) is 17.2 Å². The summed E-state index contributed by atoms with van der Waals surface area (Å²) >= 11 is 11.6. The molecule has 140 valence electrons. The fraction of sp³-hybridized carbons (Fsp3) is 0.250. The van der Waals surface area contributed by atoms with Gasteiger partial charge in [-0.3, -0.25) is 4.79 Å². The van der Waals surface area contributed by atoms with E-state index in [2.05, 4.69) is 20.3 Å². The number of nitrogens with zero attached hydrogens (tertiary/aromatic N) is 1. The molecular weight excluding hydrogens is 399 g/mol. The van der Waals surface area contributed by atoms with Gasteiger partial charge in [0.15, 0.2) is 0 Å². The standard InChI is InChI=1S/C16H18Cl2N4O3S/c1-3-19-13-8-15(18)20-9-14(13)21-16(23)10(2)22-26(24,25)12-6-4-11(17)5-7-12/h4-10,22H,3H2,1-2H3,(H,19,20)(H,21,23)/t10-/m1/s1. The molecule has 0 saturated heterocycles. The molecular formula is C16H18Cl2N4O3S. The number of halogens is 2. The van der Waals surface area contributed by atoms with E-state index >= 15 is 0 Å². The van der Waals surface area contributed by atoms with Crippen LogP contribution in [0.25, 0.3) is 0 Å². The van der Waals surface area contributed by atoms with Crippen LogP contribution in [0.15, 0.2) is 41.4 Å². The van der Waals surface area contributed by atoms with Gasteiger partial charge in [0.25, 0.3) is 0 Å². The van der Waals surface area contributed by atoms with Crippen LogP contribution in [-0.2, 0) is 14.8 Å². The van der Waals surface area contributed by atoms with Crippen molar-refractivity contribution < 1.29 is 13.2 Å². The Morgan fingerprint density at radius 1 is 1.19 bits per heavy atom. The molecule has 1 amide bonds. The van der Waals surface area contributed by atoms with Gasteiger partial charge in [-0.25, -0.2) is 13.4 Å². The van der Waals surface area contributed by atoms with Gasteiger partial charge in [-0.15, -0.1) is 0 Å². The molecule has 7 nitrogen and oxygen atoms in total. The molecule has 26 heavy (non-hydrogen) atoms. The Balaban J connectivity index is 2.11. The van der Waals surface area contributed by atoms with Crippen LogP contribution >= 0.6 is 23.2 Å². The Hall–Kier alpha value is -1.87. The summed E-state index contributed by atoms with van der Waals surface area (Å²) in [5.74, 6) is -0.536. The van der Waals surface area contributed by atoms with Gasteiger partial charge in [0, 0.05) is 17.6 Å². The van der Waals surface area contributed by atoms with Crippen molar-refractivity contribution >= 4 is 50.5 Å². The molecule has 2 rings (SSSR count). The number of pyridine rings is 1. The van der Waals surface area contributed by atoms with Crippen LogP contribution in [-0.4, -0.2) is 31.9 Å². The third-order valence-corrected chi connectivity index (χ3v) is 5.36. The first-order chi connectivity index (χ1) is 12.2. The summed E-state index contributed by atoms with van der Waals surface area (Å²) in [5, 5.41) is 6.38. The van der Waals surface area contributed by atoms with Gasteiger partial charge in [0.1, 0.15) is 5.15 Å². The van der Waals surface area contributed by atoms with Gasteiger partial charge in [-0.2, -0.15) is 4.72 Å². The Kier molecular flexibility index (Phi) is 6.82. The first kappa shape index (κ1) is 20.4. The topological polar surface area (TPSA) is 100 Å². The number of carbonyl (C=O) groups is 1. The Morgan fingerprint density at radius 2 is 1.85 bits per heavy atom. The molecule has 1 aromatic heterocycles. The van der Waals surface area contributed by atoms with Crippen LogP contribution in [0.2, 0.25) is 10.2 Å². The number of carbonyl (C=O) groups excluding carboxylic acids is 1. The maximum atomic E-state index is 12.4. The zero-order chi connectivity index (χ0) is 19.3. The molecule has 2 aromatic rings. The highest BCUT2D eigenvalue weighted by Crippen LogP contribution is 2.23. The van der Waals surface area contributed by atoms with E-state index in [0.29, 0.717) is 22.9 Å². The van der Waals surface area contributed by atoms with Crippen LogP contribution in [0, 0.1) is 0 Å². The molecule has 0 aliphatic carbocycles. The quantitative estimate of drug-likeness (QED) is 0.601. The lowest BCUT2D eigenvalue weighted by Gasteiger charge is -2.16.